The molecular formula is C26H23IN2O3. The molecule has 0 unspecified atom stereocenters. The summed E-state index contributed by atoms with van der Waals surface area (Å²) in [5.41, 5.74) is 4.02. The highest BCUT2D eigenvalue weighted by atomic mass is 127. The van der Waals surface area contributed by atoms with Crippen molar-refractivity contribution in [2.45, 2.75) is 20.1 Å². The molecule has 0 saturated heterocycles. The molecule has 0 bridgehead atoms. The summed E-state index contributed by atoms with van der Waals surface area (Å²) in [6.45, 7) is 2.85. The number of benzene rings is 3. The monoisotopic (exact) mass is 538 g/mol. The first kappa shape index (κ1) is 23.4. The predicted molar refractivity (Wildman–Crippen MR) is 133 cm³/mol. The van der Waals surface area contributed by atoms with Crippen molar-refractivity contribution in [1.82, 2.24) is 5.32 Å². The van der Waals surface area contributed by atoms with E-state index in [-0.39, 0.29) is 5.57 Å². The van der Waals surface area contributed by atoms with Gasteiger partial charge in [-0.3, -0.25) is 4.79 Å². The smallest absolute Gasteiger partial charge is 0.262 e. The second-order valence-electron chi connectivity index (χ2n) is 7.16. The summed E-state index contributed by atoms with van der Waals surface area (Å²) < 4.78 is 11.9. The number of halogens is 1. The Hall–Kier alpha value is -3.31. The molecule has 0 atom stereocenters. The molecule has 0 aliphatic rings. The van der Waals surface area contributed by atoms with E-state index in [0.29, 0.717) is 13.2 Å². The molecule has 3 aromatic rings. The zero-order valence-corrected chi connectivity index (χ0v) is 20.0. The Morgan fingerprint density at radius 1 is 1.06 bits per heavy atom. The summed E-state index contributed by atoms with van der Waals surface area (Å²) in [5.74, 6) is 1.09. The van der Waals surface area contributed by atoms with Gasteiger partial charge in [0.1, 0.15) is 29.7 Å². The Kier molecular flexibility index (Phi) is 8.28. The lowest BCUT2D eigenvalue weighted by molar-refractivity contribution is -0.117. The Morgan fingerprint density at radius 2 is 1.75 bits per heavy atom. The average molecular weight is 538 g/mol. The summed E-state index contributed by atoms with van der Waals surface area (Å²) in [6.07, 6.45) is 1.58. The molecule has 0 fully saturated rings. The molecule has 32 heavy (non-hydrogen) atoms. The number of aryl methyl sites for hydroxylation is 1. The molecule has 3 aromatic carbocycles. The summed E-state index contributed by atoms with van der Waals surface area (Å²) in [7, 11) is 1.60. The molecule has 3 rings (SSSR count). The third-order valence-electron chi connectivity index (χ3n) is 4.76. The fourth-order valence-corrected chi connectivity index (χ4v) is 3.60. The van der Waals surface area contributed by atoms with E-state index in [2.05, 4.69) is 47.0 Å². The largest absolute Gasteiger partial charge is 0.497 e. The van der Waals surface area contributed by atoms with Crippen LogP contribution in [0.3, 0.4) is 0 Å². The summed E-state index contributed by atoms with van der Waals surface area (Å²) in [6, 6.07) is 23.2. The number of rotatable bonds is 8. The number of amides is 1. The van der Waals surface area contributed by atoms with Gasteiger partial charge in [-0.05, 0) is 76.5 Å². The second-order valence-corrected chi connectivity index (χ2v) is 8.33. The lowest BCUT2D eigenvalue weighted by Crippen LogP contribution is -2.23. The highest BCUT2D eigenvalue weighted by molar-refractivity contribution is 14.1. The van der Waals surface area contributed by atoms with Crippen molar-refractivity contribution in [2.75, 3.05) is 7.11 Å². The molecule has 0 aliphatic heterocycles. The first-order valence-electron chi connectivity index (χ1n) is 9.99. The van der Waals surface area contributed by atoms with Gasteiger partial charge in [0, 0.05) is 6.54 Å². The number of hydrogen-bond acceptors (Lipinski definition) is 4. The lowest BCUT2D eigenvalue weighted by Gasteiger charge is -2.10. The van der Waals surface area contributed by atoms with Gasteiger partial charge < -0.3 is 14.8 Å². The topological polar surface area (TPSA) is 71.3 Å². The molecule has 1 N–H and O–H groups in total. The van der Waals surface area contributed by atoms with Gasteiger partial charge in [-0.15, -0.1) is 0 Å². The van der Waals surface area contributed by atoms with Gasteiger partial charge in [0.05, 0.1) is 10.7 Å². The van der Waals surface area contributed by atoms with Crippen LogP contribution in [0.15, 0.2) is 72.3 Å². The van der Waals surface area contributed by atoms with Crippen LogP contribution in [0.1, 0.15) is 22.3 Å². The zero-order chi connectivity index (χ0) is 22.9. The Balaban J connectivity index is 1.62. The minimum absolute atomic E-state index is 0.0441. The maximum atomic E-state index is 12.5. The second kappa shape index (κ2) is 11.3. The first-order valence-corrected chi connectivity index (χ1v) is 11.1. The fourth-order valence-electron chi connectivity index (χ4n) is 2.91. The van der Waals surface area contributed by atoms with E-state index in [0.717, 1.165) is 31.8 Å². The van der Waals surface area contributed by atoms with Crippen LogP contribution in [-0.4, -0.2) is 13.0 Å². The van der Waals surface area contributed by atoms with Gasteiger partial charge in [-0.2, -0.15) is 5.26 Å². The third-order valence-corrected chi connectivity index (χ3v) is 5.60. The molecule has 6 heteroatoms. The summed E-state index contributed by atoms with van der Waals surface area (Å²) in [4.78, 5) is 12.5. The van der Waals surface area contributed by atoms with Crippen LogP contribution < -0.4 is 14.8 Å². The molecule has 0 aromatic heterocycles. The van der Waals surface area contributed by atoms with Crippen LogP contribution in [-0.2, 0) is 17.9 Å². The molecule has 0 aliphatic carbocycles. The number of carbonyl (C=O) groups excluding carboxylic acids is 1. The molecule has 162 valence electrons. The molecule has 0 heterocycles. The van der Waals surface area contributed by atoms with Gasteiger partial charge in [0.25, 0.3) is 5.91 Å². The number of nitrogens with zero attached hydrogens (tertiary/aromatic N) is 1. The SMILES string of the molecule is COc1ccc(CNC(=O)/C(C#N)=C\c2ccc(OCc3ccc(C)cc3)c(I)c2)cc1. The van der Waals surface area contributed by atoms with Gasteiger partial charge >= 0.3 is 0 Å². The fraction of sp³-hybridized carbons (Fsp3) is 0.154. The van der Waals surface area contributed by atoms with Crippen molar-refractivity contribution in [3.8, 4) is 17.6 Å². The number of nitrogens with one attached hydrogen (secondary N) is 1. The third kappa shape index (κ3) is 6.59. The van der Waals surface area contributed by atoms with E-state index in [1.807, 2.05) is 60.7 Å². The Morgan fingerprint density at radius 3 is 2.38 bits per heavy atom. The van der Waals surface area contributed by atoms with Crippen molar-refractivity contribution in [3.05, 3.63) is 98.1 Å². The van der Waals surface area contributed by atoms with Gasteiger partial charge in [-0.1, -0.05) is 48.0 Å². The number of hydrogen-bond donors (Lipinski definition) is 1. The quantitative estimate of drug-likeness (QED) is 0.237. The van der Waals surface area contributed by atoms with Crippen molar-refractivity contribution >= 4 is 34.6 Å². The molecule has 5 nitrogen and oxygen atoms in total. The average Bonchev–Trinajstić information content (AvgIpc) is 2.81. The van der Waals surface area contributed by atoms with E-state index in [4.69, 9.17) is 9.47 Å². The Labute approximate surface area is 201 Å². The molecule has 0 spiro atoms. The number of methoxy groups -OCH3 is 1. The van der Waals surface area contributed by atoms with E-state index in [9.17, 15) is 10.1 Å². The van der Waals surface area contributed by atoms with Crippen LogP contribution >= 0.6 is 22.6 Å². The Bertz CT molecular complexity index is 1150. The van der Waals surface area contributed by atoms with E-state index >= 15 is 0 Å². The molecule has 0 radical (unpaired) electrons. The van der Waals surface area contributed by atoms with Crippen LogP contribution in [0.2, 0.25) is 0 Å². The van der Waals surface area contributed by atoms with Crippen molar-refractivity contribution in [2.24, 2.45) is 0 Å². The van der Waals surface area contributed by atoms with E-state index in [1.165, 1.54) is 5.56 Å². The maximum Gasteiger partial charge on any atom is 0.262 e. The van der Waals surface area contributed by atoms with E-state index < -0.39 is 5.91 Å². The molecule has 1 amide bonds. The van der Waals surface area contributed by atoms with Crippen LogP contribution in [0, 0.1) is 21.8 Å². The van der Waals surface area contributed by atoms with Crippen LogP contribution in [0.4, 0.5) is 0 Å². The van der Waals surface area contributed by atoms with Crippen molar-refractivity contribution in [3.63, 3.8) is 0 Å². The predicted octanol–water partition coefficient (Wildman–Crippen LogP) is 5.41. The highest BCUT2D eigenvalue weighted by Gasteiger charge is 2.10. The van der Waals surface area contributed by atoms with Gasteiger partial charge in [0.2, 0.25) is 0 Å². The normalized spacial score (nSPS) is 10.9. The van der Waals surface area contributed by atoms with Gasteiger partial charge in [-0.25, -0.2) is 0 Å². The highest BCUT2D eigenvalue weighted by Crippen LogP contribution is 2.24. The summed E-state index contributed by atoms with van der Waals surface area (Å²) >= 11 is 2.19. The number of carbonyl (C=O) groups is 1. The van der Waals surface area contributed by atoms with Crippen LogP contribution in [0.5, 0.6) is 11.5 Å². The number of nitriles is 1. The first-order chi connectivity index (χ1) is 15.5. The van der Waals surface area contributed by atoms with Crippen molar-refractivity contribution in [1.29, 1.82) is 5.26 Å². The minimum Gasteiger partial charge on any atom is -0.497 e. The maximum absolute atomic E-state index is 12.5. The molecule has 0 saturated carbocycles. The van der Waals surface area contributed by atoms with Crippen molar-refractivity contribution < 1.29 is 14.3 Å². The summed E-state index contributed by atoms with van der Waals surface area (Å²) in [5, 5.41) is 12.2. The van der Waals surface area contributed by atoms with Gasteiger partial charge in [0.15, 0.2) is 0 Å². The lowest BCUT2D eigenvalue weighted by atomic mass is 10.1. The zero-order valence-electron chi connectivity index (χ0n) is 17.9. The van der Waals surface area contributed by atoms with E-state index in [1.54, 1.807) is 13.2 Å². The van der Waals surface area contributed by atoms with Crippen LogP contribution in [0.25, 0.3) is 6.08 Å². The standard InChI is InChI=1S/C26H23IN2O3/c1-18-3-5-20(6-4-18)17-32-25-12-9-21(14-24(25)27)13-22(15-28)26(30)29-16-19-7-10-23(31-2)11-8-19/h3-14H,16-17H2,1-2H3,(H,29,30)/b22-13-. The number of ether oxygens (including phenoxy) is 2. The minimum atomic E-state index is -0.418. The molecular weight excluding hydrogens is 515 g/mol.